The second-order valence-corrected chi connectivity index (χ2v) is 12.9. The maximum atomic E-state index is 13.2. The summed E-state index contributed by atoms with van der Waals surface area (Å²) in [6.07, 6.45) is 0.701. The zero-order valence-electron chi connectivity index (χ0n) is 21.8. The lowest BCUT2D eigenvalue weighted by atomic mass is 10.2. The molecule has 0 unspecified atom stereocenters. The van der Waals surface area contributed by atoms with Crippen molar-refractivity contribution in [3.05, 3.63) is 83.4 Å². The Balaban J connectivity index is 0.991. The van der Waals surface area contributed by atoms with E-state index in [4.69, 9.17) is 4.98 Å². The molecule has 1 amide bonds. The number of carbonyl (C=O) groups excluding carboxylic acids is 1. The summed E-state index contributed by atoms with van der Waals surface area (Å²) in [6.45, 7) is 7.47. The van der Waals surface area contributed by atoms with E-state index in [0.717, 1.165) is 54.6 Å². The van der Waals surface area contributed by atoms with Gasteiger partial charge in [-0.3, -0.25) is 14.0 Å². The number of anilines is 2. The number of sulfonamides is 1. The van der Waals surface area contributed by atoms with Crippen LogP contribution in [0, 0.1) is 6.92 Å². The van der Waals surface area contributed by atoms with Crippen molar-refractivity contribution in [3.63, 3.8) is 0 Å². The third-order valence-electron chi connectivity index (χ3n) is 7.44. The first-order valence-electron chi connectivity index (χ1n) is 13.2. The van der Waals surface area contributed by atoms with Crippen molar-refractivity contribution in [1.29, 1.82) is 0 Å². The molecule has 0 atom stereocenters. The van der Waals surface area contributed by atoms with Gasteiger partial charge in [-0.1, -0.05) is 35.6 Å². The highest BCUT2D eigenvalue weighted by Gasteiger charge is 2.30. The van der Waals surface area contributed by atoms with Gasteiger partial charge in [-0.25, -0.2) is 13.4 Å². The molecule has 39 heavy (non-hydrogen) atoms. The highest BCUT2D eigenvalue weighted by Crippen LogP contribution is 2.33. The fraction of sp³-hybridized carbons (Fsp3) is 0.310. The Labute approximate surface area is 232 Å². The fourth-order valence-electron chi connectivity index (χ4n) is 5.21. The number of aromatic nitrogens is 1. The van der Waals surface area contributed by atoms with E-state index in [0.29, 0.717) is 25.1 Å². The number of carbonyl (C=O) groups is 1. The Morgan fingerprint density at radius 1 is 0.974 bits per heavy atom. The van der Waals surface area contributed by atoms with Gasteiger partial charge in [0.2, 0.25) is 0 Å². The predicted octanol–water partition coefficient (Wildman–Crippen LogP) is 3.91. The maximum Gasteiger partial charge on any atom is 0.264 e. The standard InChI is InChI=1S/C29H31N5O3S2/c1-21-6-11-25-27(20-21)38-29(31-25)33-18-16-32(17-19-33)15-13-30-28(35)23-7-9-24(10-8-23)39(36,37)34-14-12-22-4-2-3-5-26(22)34/h2-11,20H,12-19H2,1H3,(H,30,35). The fourth-order valence-corrected chi connectivity index (χ4v) is 7.83. The van der Waals surface area contributed by atoms with Crippen molar-refractivity contribution in [2.45, 2.75) is 18.2 Å². The van der Waals surface area contributed by atoms with Crippen molar-refractivity contribution in [2.24, 2.45) is 0 Å². The SMILES string of the molecule is Cc1ccc2nc(N3CCN(CCNC(=O)c4ccc(S(=O)(=O)N5CCc6ccccc65)cc4)CC3)sc2c1. The van der Waals surface area contributed by atoms with Crippen LogP contribution in [0.15, 0.2) is 71.6 Å². The summed E-state index contributed by atoms with van der Waals surface area (Å²) >= 11 is 1.74. The third-order valence-corrected chi connectivity index (χ3v) is 10.3. The second kappa shape index (κ2) is 10.6. The normalized spacial score (nSPS) is 16.0. The van der Waals surface area contributed by atoms with E-state index in [1.807, 2.05) is 24.3 Å². The van der Waals surface area contributed by atoms with Crippen molar-refractivity contribution >= 4 is 48.3 Å². The molecule has 2 aliphatic heterocycles. The minimum Gasteiger partial charge on any atom is -0.351 e. The number of para-hydroxylation sites is 1. The molecule has 0 aliphatic carbocycles. The second-order valence-electron chi connectivity index (χ2n) is 10.0. The quantitative estimate of drug-likeness (QED) is 0.368. The molecule has 1 fully saturated rings. The van der Waals surface area contributed by atoms with E-state index in [-0.39, 0.29) is 10.8 Å². The van der Waals surface area contributed by atoms with E-state index in [2.05, 4.69) is 40.2 Å². The average Bonchev–Trinajstić information content (AvgIpc) is 3.58. The van der Waals surface area contributed by atoms with E-state index < -0.39 is 10.0 Å². The number of piperazine rings is 1. The Hall–Kier alpha value is -3.47. The van der Waals surface area contributed by atoms with Gasteiger partial charge in [-0.2, -0.15) is 0 Å². The van der Waals surface area contributed by atoms with Gasteiger partial charge < -0.3 is 10.2 Å². The van der Waals surface area contributed by atoms with Crippen LogP contribution >= 0.6 is 11.3 Å². The molecule has 3 heterocycles. The smallest absolute Gasteiger partial charge is 0.264 e. The Morgan fingerprint density at radius 2 is 1.74 bits per heavy atom. The first-order chi connectivity index (χ1) is 18.9. The number of rotatable bonds is 7. The van der Waals surface area contributed by atoms with E-state index in [1.54, 1.807) is 23.5 Å². The van der Waals surface area contributed by atoms with Crippen LogP contribution in [0.4, 0.5) is 10.8 Å². The number of hydrogen-bond acceptors (Lipinski definition) is 7. The van der Waals surface area contributed by atoms with E-state index in [1.165, 1.54) is 26.7 Å². The lowest BCUT2D eigenvalue weighted by Crippen LogP contribution is -2.48. The zero-order valence-corrected chi connectivity index (χ0v) is 23.5. The molecule has 1 N–H and O–H groups in total. The first kappa shape index (κ1) is 25.8. The molecule has 4 aromatic rings. The molecule has 3 aromatic carbocycles. The molecule has 6 rings (SSSR count). The number of fused-ring (bicyclic) bond motifs is 2. The molecule has 0 saturated carbocycles. The molecule has 10 heteroatoms. The average molecular weight is 562 g/mol. The van der Waals surface area contributed by atoms with Gasteiger partial charge in [0, 0.05) is 51.4 Å². The topological polar surface area (TPSA) is 85.9 Å². The van der Waals surface area contributed by atoms with Crippen molar-refractivity contribution in [1.82, 2.24) is 15.2 Å². The van der Waals surface area contributed by atoms with Gasteiger partial charge in [-0.15, -0.1) is 0 Å². The Kier molecular flexibility index (Phi) is 7.01. The summed E-state index contributed by atoms with van der Waals surface area (Å²) in [5.41, 5.74) is 4.52. The van der Waals surface area contributed by atoms with Crippen molar-refractivity contribution < 1.29 is 13.2 Å². The Bertz CT molecular complexity index is 1610. The summed E-state index contributed by atoms with van der Waals surface area (Å²) in [5.74, 6) is -0.200. The number of nitrogens with zero attached hydrogens (tertiary/aromatic N) is 4. The molecule has 1 saturated heterocycles. The van der Waals surface area contributed by atoms with Crippen molar-refractivity contribution in [2.75, 3.05) is 55.0 Å². The number of amides is 1. The van der Waals surface area contributed by atoms with Crippen LogP contribution in [0.5, 0.6) is 0 Å². The maximum absolute atomic E-state index is 13.2. The van der Waals surface area contributed by atoms with Crippen LogP contribution in [0.3, 0.4) is 0 Å². The predicted molar refractivity (Wildman–Crippen MR) is 156 cm³/mol. The number of nitrogens with one attached hydrogen (secondary N) is 1. The van der Waals surface area contributed by atoms with Gasteiger partial charge in [0.05, 0.1) is 20.8 Å². The molecular weight excluding hydrogens is 530 g/mol. The summed E-state index contributed by atoms with van der Waals surface area (Å²) in [7, 11) is -3.67. The molecule has 8 nitrogen and oxygen atoms in total. The van der Waals surface area contributed by atoms with Crippen LogP contribution in [0.1, 0.15) is 21.5 Å². The van der Waals surface area contributed by atoms with Crippen LogP contribution in [0.25, 0.3) is 10.2 Å². The molecule has 0 radical (unpaired) electrons. The number of aryl methyl sites for hydroxylation is 1. The molecule has 2 aliphatic rings. The number of hydrogen-bond donors (Lipinski definition) is 1. The molecule has 202 valence electrons. The van der Waals surface area contributed by atoms with Gasteiger partial charge in [-0.05, 0) is 66.9 Å². The van der Waals surface area contributed by atoms with Crippen LogP contribution in [0.2, 0.25) is 0 Å². The summed E-state index contributed by atoms with van der Waals surface area (Å²) < 4.78 is 29.1. The van der Waals surface area contributed by atoms with Crippen LogP contribution in [-0.4, -0.2) is 70.0 Å². The lowest BCUT2D eigenvalue weighted by molar-refractivity contribution is 0.0947. The van der Waals surface area contributed by atoms with Gasteiger partial charge >= 0.3 is 0 Å². The minimum atomic E-state index is -3.67. The summed E-state index contributed by atoms with van der Waals surface area (Å²) in [6, 6.07) is 20.2. The third kappa shape index (κ3) is 5.24. The lowest BCUT2D eigenvalue weighted by Gasteiger charge is -2.34. The minimum absolute atomic E-state index is 0.192. The highest BCUT2D eigenvalue weighted by molar-refractivity contribution is 7.92. The summed E-state index contributed by atoms with van der Waals surface area (Å²) in [4.78, 5) is 22.4. The first-order valence-corrected chi connectivity index (χ1v) is 15.5. The molecular formula is C29H31N5O3S2. The van der Waals surface area contributed by atoms with Crippen LogP contribution < -0.4 is 14.5 Å². The van der Waals surface area contributed by atoms with E-state index in [9.17, 15) is 13.2 Å². The van der Waals surface area contributed by atoms with E-state index >= 15 is 0 Å². The highest BCUT2D eigenvalue weighted by atomic mass is 32.2. The van der Waals surface area contributed by atoms with Gasteiger partial charge in [0.25, 0.3) is 15.9 Å². The number of benzene rings is 3. The monoisotopic (exact) mass is 561 g/mol. The zero-order chi connectivity index (χ0) is 27.0. The van der Waals surface area contributed by atoms with Crippen molar-refractivity contribution in [3.8, 4) is 0 Å². The van der Waals surface area contributed by atoms with Gasteiger partial charge in [0.1, 0.15) is 0 Å². The molecule has 0 spiro atoms. The van der Waals surface area contributed by atoms with Gasteiger partial charge in [0.15, 0.2) is 5.13 Å². The molecule has 1 aromatic heterocycles. The number of thiazole rings is 1. The Morgan fingerprint density at radius 3 is 2.54 bits per heavy atom. The largest absolute Gasteiger partial charge is 0.351 e. The van der Waals surface area contributed by atoms with Crippen LogP contribution in [-0.2, 0) is 16.4 Å². The molecule has 0 bridgehead atoms. The summed E-state index contributed by atoms with van der Waals surface area (Å²) in [5, 5.41) is 4.05.